The highest BCUT2D eigenvalue weighted by atomic mass is 32.2. The molecule has 9 heteroatoms. The minimum atomic E-state index is -3.67. The zero-order chi connectivity index (χ0) is 18.7. The number of primary sulfonamides is 1. The number of hydrogen-bond donors (Lipinski definition) is 2. The molecule has 3 N–H and O–H groups in total. The Labute approximate surface area is 153 Å². The summed E-state index contributed by atoms with van der Waals surface area (Å²) in [6, 6.07) is 8.36. The molecule has 3 rings (SSSR count). The summed E-state index contributed by atoms with van der Waals surface area (Å²) in [7, 11) is -3.67. The van der Waals surface area contributed by atoms with Crippen LogP contribution in [0.1, 0.15) is 17.7 Å². The Bertz CT molecular complexity index is 890. The molecule has 0 radical (unpaired) electrons. The molecular weight excluding hydrogens is 354 g/mol. The number of hydrogen-bond acceptors (Lipinski definition) is 5. The van der Waals surface area contributed by atoms with E-state index in [2.05, 4.69) is 10.4 Å². The Morgan fingerprint density at radius 3 is 2.69 bits per heavy atom. The number of sulfonamides is 1. The van der Waals surface area contributed by atoms with Gasteiger partial charge in [-0.15, -0.1) is 0 Å². The quantitative estimate of drug-likeness (QED) is 0.757. The highest BCUT2D eigenvalue weighted by Crippen LogP contribution is 2.20. The van der Waals surface area contributed by atoms with Crippen molar-refractivity contribution in [3.05, 3.63) is 41.6 Å². The van der Waals surface area contributed by atoms with Gasteiger partial charge in [0, 0.05) is 25.7 Å². The number of amides is 1. The summed E-state index contributed by atoms with van der Waals surface area (Å²) in [4.78, 5) is 14.4. The molecule has 1 amide bonds. The average molecular weight is 377 g/mol. The SMILES string of the molecule is Cc1cc2n(n1)CCCN2CC(=O)NCCc1ccc(S(N)(=O)=O)cc1. The lowest BCUT2D eigenvalue weighted by Crippen LogP contribution is -2.41. The summed E-state index contributed by atoms with van der Waals surface area (Å²) >= 11 is 0. The van der Waals surface area contributed by atoms with Crippen LogP contribution in [0.4, 0.5) is 5.82 Å². The number of fused-ring (bicyclic) bond motifs is 1. The van der Waals surface area contributed by atoms with E-state index >= 15 is 0 Å². The van der Waals surface area contributed by atoms with E-state index in [-0.39, 0.29) is 10.8 Å². The van der Waals surface area contributed by atoms with Crippen LogP contribution in [0.3, 0.4) is 0 Å². The number of nitrogens with zero attached hydrogens (tertiary/aromatic N) is 3. The van der Waals surface area contributed by atoms with Crippen molar-refractivity contribution in [2.45, 2.75) is 31.2 Å². The highest BCUT2D eigenvalue weighted by Gasteiger charge is 2.20. The predicted octanol–water partition coefficient (Wildman–Crippen LogP) is 0.408. The third kappa shape index (κ3) is 4.41. The molecule has 2 heterocycles. The number of benzene rings is 1. The first-order valence-corrected chi connectivity index (χ1v) is 10.1. The van der Waals surface area contributed by atoms with Crippen molar-refractivity contribution in [2.75, 3.05) is 24.5 Å². The van der Waals surface area contributed by atoms with Crippen LogP contribution < -0.4 is 15.4 Å². The van der Waals surface area contributed by atoms with Crippen molar-refractivity contribution in [3.8, 4) is 0 Å². The first kappa shape index (κ1) is 18.4. The van der Waals surface area contributed by atoms with Crippen molar-refractivity contribution < 1.29 is 13.2 Å². The van der Waals surface area contributed by atoms with Gasteiger partial charge in [-0.3, -0.25) is 4.79 Å². The molecule has 0 atom stereocenters. The maximum absolute atomic E-state index is 12.2. The summed E-state index contributed by atoms with van der Waals surface area (Å²) in [5.41, 5.74) is 1.89. The van der Waals surface area contributed by atoms with Gasteiger partial charge in [0.05, 0.1) is 17.1 Å². The molecule has 26 heavy (non-hydrogen) atoms. The summed E-state index contributed by atoms with van der Waals surface area (Å²) in [6.07, 6.45) is 1.59. The minimum Gasteiger partial charge on any atom is -0.354 e. The van der Waals surface area contributed by atoms with E-state index in [1.807, 2.05) is 22.6 Å². The van der Waals surface area contributed by atoms with Gasteiger partial charge in [0.15, 0.2) is 0 Å². The van der Waals surface area contributed by atoms with Gasteiger partial charge in [-0.2, -0.15) is 5.10 Å². The Hall–Kier alpha value is -2.39. The molecular formula is C17H23N5O3S. The second kappa shape index (κ2) is 7.46. The third-order valence-corrected chi connectivity index (χ3v) is 5.25. The van der Waals surface area contributed by atoms with Crippen molar-refractivity contribution in [2.24, 2.45) is 5.14 Å². The Kier molecular flexibility index (Phi) is 5.28. The second-order valence-electron chi connectivity index (χ2n) is 6.43. The van der Waals surface area contributed by atoms with E-state index in [0.717, 1.165) is 36.6 Å². The summed E-state index contributed by atoms with van der Waals surface area (Å²) in [6.45, 7) is 4.46. The summed E-state index contributed by atoms with van der Waals surface area (Å²) in [5, 5.41) is 12.4. The maximum Gasteiger partial charge on any atom is 0.239 e. The third-order valence-electron chi connectivity index (χ3n) is 4.33. The molecule has 8 nitrogen and oxygen atoms in total. The summed E-state index contributed by atoms with van der Waals surface area (Å²) < 4.78 is 24.4. The number of aromatic nitrogens is 2. The Balaban J connectivity index is 1.49. The number of carbonyl (C=O) groups is 1. The molecule has 0 fully saturated rings. The van der Waals surface area contributed by atoms with Crippen LogP contribution in [0.5, 0.6) is 0 Å². The molecule has 0 saturated carbocycles. The molecule has 1 aliphatic heterocycles. The number of rotatable bonds is 6. The van der Waals surface area contributed by atoms with E-state index in [1.165, 1.54) is 12.1 Å². The normalized spacial score (nSPS) is 14.2. The number of nitrogens with one attached hydrogen (secondary N) is 1. The van der Waals surface area contributed by atoms with E-state index in [9.17, 15) is 13.2 Å². The smallest absolute Gasteiger partial charge is 0.239 e. The lowest BCUT2D eigenvalue weighted by Gasteiger charge is -2.28. The molecule has 140 valence electrons. The van der Waals surface area contributed by atoms with Crippen molar-refractivity contribution in [1.82, 2.24) is 15.1 Å². The molecule has 1 aromatic carbocycles. The van der Waals surface area contributed by atoms with Crippen molar-refractivity contribution >= 4 is 21.7 Å². The fourth-order valence-corrected chi connectivity index (χ4v) is 3.57. The predicted molar refractivity (Wildman–Crippen MR) is 98.3 cm³/mol. The zero-order valence-corrected chi connectivity index (χ0v) is 15.5. The standard InChI is InChI=1S/C17H23N5O3S/c1-13-11-17-21(9-2-10-22(17)20-13)12-16(23)19-8-7-14-3-5-15(6-4-14)26(18,24)25/h3-6,11H,2,7-10,12H2,1H3,(H,19,23)(H2,18,24,25). The largest absolute Gasteiger partial charge is 0.354 e. The molecule has 0 unspecified atom stereocenters. The number of anilines is 1. The van der Waals surface area contributed by atoms with Gasteiger partial charge in [-0.05, 0) is 37.5 Å². The molecule has 1 aliphatic rings. The lowest BCUT2D eigenvalue weighted by atomic mass is 10.1. The number of nitrogens with two attached hydrogens (primary N) is 1. The Morgan fingerprint density at radius 2 is 2.00 bits per heavy atom. The van der Waals surface area contributed by atoms with Gasteiger partial charge >= 0.3 is 0 Å². The summed E-state index contributed by atoms with van der Waals surface area (Å²) in [5.74, 6) is 0.945. The van der Waals surface area contributed by atoms with Crippen molar-refractivity contribution in [3.63, 3.8) is 0 Å². The lowest BCUT2D eigenvalue weighted by molar-refractivity contribution is -0.119. The van der Waals surface area contributed by atoms with Gasteiger partial charge in [0.2, 0.25) is 15.9 Å². The molecule has 0 aliphatic carbocycles. The van der Waals surface area contributed by atoms with Crippen LogP contribution in [0.2, 0.25) is 0 Å². The van der Waals surface area contributed by atoms with E-state index < -0.39 is 10.0 Å². The average Bonchev–Trinajstić information content (AvgIpc) is 2.96. The zero-order valence-electron chi connectivity index (χ0n) is 14.7. The second-order valence-corrected chi connectivity index (χ2v) is 7.99. The van der Waals surface area contributed by atoms with Gasteiger partial charge in [0.25, 0.3) is 0 Å². The monoisotopic (exact) mass is 377 g/mol. The highest BCUT2D eigenvalue weighted by molar-refractivity contribution is 7.89. The fraction of sp³-hybridized carbons (Fsp3) is 0.412. The van der Waals surface area contributed by atoms with Crippen LogP contribution in [0.25, 0.3) is 0 Å². The molecule has 0 bridgehead atoms. The van der Waals surface area contributed by atoms with E-state index in [0.29, 0.717) is 19.5 Å². The van der Waals surface area contributed by atoms with Crippen molar-refractivity contribution in [1.29, 1.82) is 0 Å². The number of aryl methyl sites for hydroxylation is 2. The van der Waals surface area contributed by atoms with Crippen LogP contribution in [-0.2, 0) is 27.8 Å². The van der Waals surface area contributed by atoms with Gasteiger partial charge in [-0.25, -0.2) is 18.2 Å². The van der Waals surface area contributed by atoms with Crippen LogP contribution in [-0.4, -0.2) is 43.7 Å². The van der Waals surface area contributed by atoms with E-state index in [4.69, 9.17) is 5.14 Å². The van der Waals surface area contributed by atoms with E-state index in [1.54, 1.807) is 12.1 Å². The first-order valence-electron chi connectivity index (χ1n) is 8.51. The number of carbonyl (C=O) groups excluding carboxylic acids is 1. The molecule has 1 aromatic heterocycles. The minimum absolute atomic E-state index is 0.0431. The van der Waals surface area contributed by atoms with Gasteiger partial charge in [-0.1, -0.05) is 12.1 Å². The fourth-order valence-electron chi connectivity index (χ4n) is 3.06. The molecule has 0 saturated heterocycles. The van der Waals surface area contributed by atoms with Crippen LogP contribution in [0.15, 0.2) is 35.2 Å². The van der Waals surface area contributed by atoms with Gasteiger partial charge in [0.1, 0.15) is 5.82 Å². The Morgan fingerprint density at radius 1 is 1.27 bits per heavy atom. The first-order chi connectivity index (χ1) is 12.3. The van der Waals surface area contributed by atoms with Crippen LogP contribution >= 0.6 is 0 Å². The maximum atomic E-state index is 12.2. The topological polar surface area (TPSA) is 110 Å². The van der Waals surface area contributed by atoms with Gasteiger partial charge < -0.3 is 10.2 Å². The molecule has 2 aromatic rings. The molecule has 0 spiro atoms. The van der Waals surface area contributed by atoms with Crippen LogP contribution in [0, 0.1) is 6.92 Å².